The van der Waals surface area contributed by atoms with Gasteiger partial charge in [0.25, 0.3) is 5.91 Å². The van der Waals surface area contributed by atoms with Gasteiger partial charge >= 0.3 is 0 Å². The van der Waals surface area contributed by atoms with Crippen LogP contribution in [0.4, 0.5) is 0 Å². The first kappa shape index (κ1) is 13.5. The Balaban J connectivity index is 1.82. The smallest absolute Gasteiger partial charge is 0.294 e. The zero-order chi connectivity index (χ0) is 12.8. The Kier molecular flexibility index (Phi) is 5.10. The average molecular weight is 269 g/mol. The summed E-state index contributed by atoms with van der Waals surface area (Å²) >= 11 is 1.29. The van der Waals surface area contributed by atoms with Crippen LogP contribution in [0.2, 0.25) is 0 Å². The highest BCUT2D eigenvalue weighted by Gasteiger charge is 2.14. The molecule has 5 nitrogen and oxygen atoms in total. The number of thiazole rings is 1. The predicted molar refractivity (Wildman–Crippen MR) is 70.0 cm³/mol. The Hall–Kier alpha value is -0.980. The highest BCUT2D eigenvalue weighted by Crippen LogP contribution is 2.21. The molecule has 1 saturated carbocycles. The molecule has 0 bridgehead atoms. The van der Waals surface area contributed by atoms with Crippen LogP contribution in [-0.2, 0) is 11.3 Å². The van der Waals surface area contributed by atoms with E-state index in [4.69, 9.17) is 10.6 Å². The lowest BCUT2D eigenvalue weighted by atomic mass is 10.1. The van der Waals surface area contributed by atoms with Gasteiger partial charge in [0.2, 0.25) is 0 Å². The normalized spacial score (nSPS) is 17.4. The molecule has 3 N–H and O–H groups in total. The summed E-state index contributed by atoms with van der Waals surface area (Å²) < 4.78 is 5.86. The molecule has 0 radical (unpaired) electrons. The molecule has 1 aromatic rings. The molecule has 1 amide bonds. The van der Waals surface area contributed by atoms with Crippen molar-refractivity contribution in [2.24, 2.45) is 5.84 Å². The van der Waals surface area contributed by atoms with Crippen LogP contribution in [-0.4, -0.2) is 17.0 Å². The number of nitrogens with one attached hydrogen (secondary N) is 1. The topological polar surface area (TPSA) is 77.2 Å². The monoisotopic (exact) mass is 269 g/mol. The number of rotatable bonds is 4. The van der Waals surface area contributed by atoms with E-state index in [0.717, 1.165) is 18.5 Å². The van der Waals surface area contributed by atoms with E-state index in [9.17, 15) is 4.79 Å². The number of nitrogen functional groups attached to an aromatic ring is 1. The number of aromatic nitrogens is 1. The van der Waals surface area contributed by atoms with Gasteiger partial charge in [-0.15, -0.1) is 11.3 Å². The van der Waals surface area contributed by atoms with E-state index >= 15 is 0 Å². The number of carbonyl (C=O) groups excluding carboxylic acids is 1. The maximum atomic E-state index is 11.2. The van der Waals surface area contributed by atoms with Gasteiger partial charge in [-0.05, 0) is 12.8 Å². The molecule has 0 saturated heterocycles. The number of amides is 1. The zero-order valence-electron chi connectivity index (χ0n) is 10.4. The van der Waals surface area contributed by atoms with Crippen LogP contribution in [0.3, 0.4) is 0 Å². The summed E-state index contributed by atoms with van der Waals surface area (Å²) in [6.45, 7) is 0.485. The second kappa shape index (κ2) is 6.82. The van der Waals surface area contributed by atoms with Gasteiger partial charge in [-0.25, -0.2) is 10.8 Å². The molecule has 0 spiro atoms. The minimum Gasteiger partial charge on any atom is -0.372 e. The molecule has 6 heteroatoms. The summed E-state index contributed by atoms with van der Waals surface area (Å²) in [6, 6.07) is 0. The molecule has 1 heterocycles. The standard InChI is InChI=1S/C12H19N3O2S/c13-15-11(16)12-14-9(8-18-12)7-17-10-5-3-1-2-4-6-10/h8,10H,1-7,13H2,(H,15,16). The van der Waals surface area contributed by atoms with Gasteiger partial charge < -0.3 is 4.74 Å². The number of hydrogen-bond acceptors (Lipinski definition) is 5. The molecule has 0 aromatic carbocycles. The SMILES string of the molecule is NNC(=O)c1nc(COC2CCCCCC2)cs1. The van der Waals surface area contributed by atoms with E-state index in [1.807, 2.05) is 5.38 Å². The molecule has 18 heavy (non-hydrogen) atoms. The van der Waals surface area contributed by atoms with Crippen LogP contribution in [0, 0.1) is 0 Å². The minimum absolute atomic E-state index is 0.347. The van der Waals surface area contributed by atoms with Gasteiger partial charge in [-0.1, -0.05) is 25.7 Å². The molecular formula is C12H19N3O2S. The Morgan fingerprint density at radius 2 is 2.17 bits per heavy atom. The zero-order valence-corrected chi connectivity index (χ0v) is 11.2. The molecule has 0 aliphatic heterocycles. The number of carbonyl (C=O) groups is 1. The van der Waals surface area contributed by atoms with Gasteiger partial charge in [0.15, 0.2) is 5.01 Å². The Morgan fingerprint density at radius 3 is 2.83 bits per heavy atom. The lowest BCUT2D eigenvalue weighted by Gasteiger charge is -2.14. The summed E-state index contributed by atoms with van der Waals surface area (Å²) in [5, 5.41) is 2.23. The minimum atomic E-state index is -0.347. The van der Waals surface area contributed by atoms with E-state index in [1.165, 1.54) is 37.0 Å². The third kappa shape index (κ3) is 3.76. The van der Waals surface area contributed by atoms with Crippen LogP contribution in [0.1, 0.15) is 54.0 Å². The average Bonchev–Trinajstić information content (AvgIpc) is 2.71. The first-order valence-corrected chi connectivity index (χ1v) is 7.24. The lowest BCUT2D eigenvalue weighted by molar-refractivity contribution is 0.0294. The van der Waals surface area contributed by atoms with Crippen LogP contribution < -0.4 is 11.3 Å². The van der Waals surface area contributed by atoms with E-state index in [0.29, 0.717) is 17.7 Å². The van der Waals surface area contributed by atoms with Crippen molar-refractivity contribution in [3.05, 3.63) is 16.1 Å². The summed E-state index contributed by atoms with van der Waals surface area (Å²) in [7, 11) is 0. The van der Waals surface area contributed by atoms with E-state index in [1.54, 1.807) is 0 Å². The first-order valence-electron chi connectivity index (χ1n) is 6.36. The highest BCUT2D eigenvalue weighted by molar-refractivity contribution is 7.11. The van der Waals surface area contributed by atoms with Crippen molar-refractivity contribution in [1.82, 2.24) is 10.4 Å². The Bertz CT molecular complexity index is 386. The summed E-state index contributed by atoms with van der Waals surface area (Å²) in [4.78, 5) is 15.4. The fraction of sp³-hybridized carbons (Fsp3) is 0.667. The van der Waals surface area contributed by atoms with Crippen molar-refractivity contribution in [2.75, 3.05) is 0 Å². The maximum Gasteiger partial charge on any atom is 0.294 e. The Labute approximate surface area is 111 Å². The largest absolute Gasteiger partial charge is 0.372 e. The fourth-order valence-electron chi connectivity index (χ4n) is 2.15. The second-order valence-corrected chi connectivity index (χ2v) is 5.40. The number of hydrazine groups is 1. The number of ether oxygens (including phenoxy) is 1. The number of hydrogen-bond donors (Lipinski definition) is 2. The van der Waals surface area contributed by atoms with Crippen LogP contribution in [0.15, 0.2) is 5.38 Å². The molecule has 100 valence electrons. The Morgan fingerprint density at radius 1 is 1.44 bits per heavy atom. The van der Waals surface area contributed by atoms with Crippen molar-refractivity contribution < 1.29 is 9.53 Å². The van der Waals surface area contributed by atoms with E-state index < -0.39 is 0 Å². The molecule has 1 aromatic heterocycles. The van der Waals surface area contributed by atoms with Crippen molar-refractivity contribution in [2.45, 2.75) is 51.2 Å². The van der Waals surface area contributed by atoms with Crippen molar-refractivity contribution in [1.29, 1.82) is 0 Å². The predicted octanol–water partition coefficient (Wildman–Crippen LogP) is 1.99. The lowest BCUT2D eigenvalue weighted by Crippen LogP contribution is -2.29. The summed E-state index contributed by atoms with van der Waals surface area (Å²) in [5.41, 5.74) is 2.88. The number of nitrogens with zero attached hydrogens (tertiary/aromatic N) is 1. The highest BCUT2D eigenvalue weighted by atomic mass is 32.1. The molecule has 1 fully saturated rings. The molecule has 0 unspecified atom stereocenters. The van der Waals surface area contributed by atoms with Gasteiger partial charge in [-0.2, -0.15) is 0 Å². The van der Waals surface area contributed by atoms with Crippen molar-refractivity contribution in [3.63, 3.8) is 0 Å². The van der Waals surface area contributed by atoms with Crippen LogP contribution in [0.25, 0.3) is 0 Å². The third-order valence-corrected chi connectivity index (χ3v) is 4.04. The maximum absolute atomic E-state index is 11.2. The molecule has 1 aliphatic carbocycles. The first-order chi connectivity index (χ1) is 8.79. The van der Waals surface area contributed by atoms with Gasteiger partial charge in [0, 0.05) is 5.38 Å². The molecule has 1 aliphatic rings. The van der Waals surface area contributed by atoms with Crippen molar-refractivity contribution >= 4 is 17.2 Å². The van der Waals surface area contributed by atoms with Crippen molar-refractivity contribution in [3.8, 4) is 0 Å². The fourth-order valence-corrected chi connectivity index (χ4v) is 2.86. The molecule has 2 rings (SSSR count). The molecule has 0 atom stereocenters. The van der Waals surface area contributed by atoms with Gasteiger partial charge in [0.1, 0.15) is 0 Å². The van der Waals surface area contributed by atoms with Gasteiger partial charge in [0.05, 0.1) is 18.4 Å². The summed E-state index contributed by atoms with van der Waals surface area (Å²) in [5.74, 6) is 4.71. The van der Waals surface area contributed by atoms with E-state index in [-0.39, 0.29) is 5.91 Å². The quantitative estimate of drug-likeness (QED) is 0.379. The second-order valence-electron chi connectivity index (χ2n) is 4.54. The van der Waals surface area contributed by atoms with E-state index in [2.05, 4.69) is 10.4 Å². The van der Waals surface area contributed by atoms with Gasteiger partial charge in [-0.3, -0.25) is 10.2 Å². The van der Waals surface area contributed by atoms with Crippen LogP contribution in [0.5, 0.6) is 0 Å². The number of nitrogens with two attached hydrogens (primary N) is 1. The third-order valence-electron chi connectivity index (χ3n) is 3.15. The van der Waals surface area contributed by atoms with Crippen LogP contribution >= 0.6 is 11.3 Å². The molecular weight excluding hydrogens is 250 g/mol. The summed E-state index contributed by atoms with van der Waals surface area (Å²) in [6.07, 6.45) is 7.77.